The summed E-state index contributed by atoms with van der Waals surface area (Å²) in [7, 11) is 0. The van der Waals surface area contributed by atoms with Crippen molar-refractivity contribution in [2.75, 3.05) is 26.2 Å². The summed E-state index contributed by atoms with van der Waals surface area (Å²) in [5, 5.41) is 18.2. The molecule has 4 amide bonds. The molecule has 0 bridgehead atoms. The van der Waals surface area contributed by atoms with E-state index in [9.17, 15) is 19.2 Å². The lowest BCUT2D eigenvalue weighted by atomic mass is 9.96. The second kappa shape index (κ2) is 11.1. The molecule has 0 fully saturated rings. The zero-order valence-electron chi connectivity index (χ0n) is 17.7. The van der Waals surface area contributed by atoms with Gasteiger partial charge in [0.15, 0.2) is 5.69 Å². The molecular formula is C18H31N7O4. The average molecular weight is 409 g/mol. The van der Waals surface area contributed by atoms with Gasteiger partial charge in [-0.15, -0.1) is 5.10 Å². The van der Waals surface area contributed by atoms with Crippen molar-refractivity contribution >= 4 is 23.6 Å². The Morgan fingerprint density at radius 1 is 0.966 bits per heavy atom. The number of hydrogen-bond donors (Lipinski definition) is 4. The third-order valence-corrected chi connectivity index (χ3v) is 3.72. The number of rotatable bonds is 10. The van der Waals surface area contributed by atoms with Crippen LogP contribution in [0.3, 0.4) is 0 Å². The Morgan fingerprint density at radius 2 is 1.55 bits per heavy atom. The molecule has 4 N–H and O–H groups in total. The third kappa shape index (κ3) is 9.17. The van der Waals surface area contributed by atoms with Crippen molar-refractivity contribution in [3.05, 3.63) is 11.9 Å². The predicted octanol–water partition coefficient (Wildman–Crippen LogP) is -0.941. The fourth-order valence-corrected chi connectivity index (χ4v) is 1.98. The number of aromatic nitrogens is 3. The molecule has 11 heteroatoms. The fraction of sp³-hybridized carbons (Fsp3) is 0.667. The van der Waals surface area contributed by atoms with E-state index in [1.165, 1.54) is 10.9 Å². The maximum atomic E-state index is 12.0. The van der Waals surface area contributed by atoms with E-state index in [1.807, 2.05) is 0 Å². The normalized spacial score (nSPS) is 11.1. The van der Waals surface area contributed by atoms with Gasteiger partial charge in [0.05, 0.1) is 6.20 Å². The molecule has 0 saturated carbocycles. The summed E-state index contributed by atoms with van der Waals surface area (Å²) in [5.41, 5.74) is -0.410. The number of hydrogen-bond acceptors (Lipinski definition) is 6. The van der Waals surface area contributed by atoms with E-state index in [0.29, 0.717) is 13.1 Å². The van der Waals surface area contributed by atoms with Crippen LogP contribution in [0, 0.1) is 11.3 Å². The quantitative estimate of drug-likeness (QED) is 0.367. The molecule has 29 heavy (non-hydrogen) atoms. The van der Waals surface area contributed by atoms with E-state index >= 15 is 0 Å². The SMILES string of the molecule is CC(C)C(=O)NCCNC(=O)c1cn(CC(=O)NCCNC(=O)C(C)(C)C)nn1. The van der Waals surface area contributed by atoms with Gasteiger partial charge >= 0.3 is 0 Å². The Balaban J connectivity index is 2.30. The standard InChI is InChI=1S/C18H31N7O4/c1-12(2)15(27)20-7-8-21-16(28)13-10-25(24-23-13)11-14(26)19-6-9-22-17(29)18(3,4)5/h10,12H,6-9,11H2,1-5H3,(H,19,26)(H,20,27)(H,21,28)(H,22,29). The fourth-order valence-electron chi connectivity index (χ4n) is 1.98. The van der Waals surface area contributed by atoms with Crippen molar-refractivity contribution in [1.29, 1.82) is 0 Å². The summed E-state index contributed by atoms with van der Waals surface area (Å²) in [5.74, 6) is -1.06. The highest BCUT2D eigenvalue weighted by atomic mass is 16.2. The third-order valence-electron chi connectivity index (χ3n) is 3.72. The number of carbonyl (C=O) groups excluding carboxylic acids is 4. The lowest BCUT2D eigenvalue weighted by molar-refractivity contribution is -0.128. The molecular weight excluding hydrogens is 378 g/mol. The van der Waals surface area contributed by atoms with Crippen LogP contribution >= 0.6 is 0 Å². The number of carbonyl (C=O) groups is 4. The van der Waals surface area contributed by atoms with Gasteiger partial charge < -0.3 is 21.3 Å². The molecule has 1 aromatic rings. The van der Waals surface area contributed by atoms with Crippen molar-refractivity contribution in [2.45, 2.75) is 41.2 Å². The van der Waals surface area contributed by atoms with Gasteiger partial charge in [-0.3, -0.25) is 19.2 Å². The van der Waals surface area contributed by atoms with E-state index in [-0.39, 0.29) is 49.0 Å². The molecule has 162 valence electrons. The zero-order valence-corrected chi connectivity index (χ0v) is 17.7. The Hall–Kier alpha value is -2.98. The second-order valence-corrected chi connectivity index (χ2v) is 7.86. The van der Waals surface area contributed by atoms with Crippen molar-refractivity contribution in [1.82, 2.24) is 36.3 Å². The minimum absolute atomic E-state index is 0.0745. The van der Waals surface area contributed by atoms with Gasteiger partial charge in [-0.05, 0) is 0 Å². The van der Waals surface area contributed by atoms with Crippen LogP contribution in [-0.2, 0) is 20.9 Å². The molecule has 1 rings (SSSR count). The van der Waals surface area contributed by atoms with Crippen LogP contribution in [0.5, 0.6) is 0 Å². The van der Waals surface area contributed by atoms with Crippen LogP contribution in [0.4, 0.5) is 0 Å². The molecule has 1 aromatic heterocycles. The van der Waals surface area contributed by atoms with Crippen LogP contribution in [-0.4, -0.2) is 64.8 Å². The summed E-state index contributed by atoms with van der Waals surface area (Å²) >= 11 is 0. The lowest BCUT2D eigenvalue weighted by Crippen LogP contribution is -2.40. The molecule has 0 radical (unpaired) electrons. The summed E-state index contributed by atoms with van der Waals surface area (Å²) in [4.78, 5) is 47.1. The van der Waals surface area contributed by atoms with E-state index in [4.69, 9.17) is 0 Å². The van der Waals surface area contributed by atoms with Gasteiger partial charge in [-0.25, -0.2) is 4.68 Å². The molecule has 0 atom stereocenters. The van der Waals surface area contributed by atoms with Gasteiger partial charge in [0.2, 0.25) is 17.7 Å². The van der Waals surface area contributed by atoms with Crippen LogP contribution < -0.4 is 21.3 Å². The first kappa shape index (κ1) is 24.1. The van der Waals surface area contributed by atoms with Crippen molar-refractivity contribution in [2.24, 2.45) is 11.3 Å². The van der Waals surface area contributed by atoms with E-state index < -0.39 is 11.3 Å². The predicted molar refractivity (Wildman–Crippen MR) is 106 cm³/mol. The van der Waals surface area contributed by atoms with E-state index in [0.717, 1.165) is 0 Å². The van der Waals surface area contributed by atoms with Crippen molar-refractivity contribution in [3.63, 3.8) is 0 Å². The van der Waals surface area contributed by atoms with Crippen LogP contribution in [0.1, 0.15) is 45.1 Å². The molecule has 1 heterocycles. The van der Waals surface area contributed by atoms with Gasteiger partial charge in [-0.1, -0.05) is 39.8 Å². The first-order chi connectivity index (χ1) is 13.5. The smallest absolute Gasteiger partial charge is 0.273 e. The summed E-state index contributed by atoms with van der Waals surface area (Å²) in [6.45, 7) is 10.1. The second-order valence-electron chi connectivity index (χ2n) is 7.86. The number of nitrogens with zero attached hydrogens (tertiary/aromatic N) is 3. The van der Waals surface area contributed by atoms with Gasteiger partial charge in [0, 0.05) is 37.5 Å². The van der Waals surface area contributed by atoms with Gasteiger partial charge in [-0.2, -0.15) is 0 Å². The molecule has 0 aliphatic heterocycles. The highest BCUT2D eigenvalue weighted by Gasteiger charge is 2.20. The molecule has 11 nitrogen and oxygen atoms in total. The molecule has 0 aliphatic rings. The van der Waals surface area contributed by atoms with E-state index in [2.05, 4.69) is 31.6 Å². The van der Waals surface area contributed by atoms with Crippen LogP contribution in [0.25, 0.3) is 0 Å². The molecule has 0 unspecified atom stereocenters. The minimum atomic E-state index is -0.484. The monoisotopic (exact) mass is 409 g/mol. The average Bonchev–Trinajstić information content (AvgIpc) is 3.09. The molecule has 0 saturated heterocycles. The Kier molecular flexibility index (Phi) is 9.23. The molecule has 0 aliphatic carbocycles. The van der Waals surface area contributed by atoms with Crippen molar-refractivity contribution in [3.8, 4) is 0 Å². The Bertz CT molecular complexity index is 722. The lowest BCUT2D eigenvalue weighted by Gasteiger charge is -2.17. The van der Waals surface area contributed by atoms with E-state index in [1.54, 1.807) is 34.6 Å². The highest BCUT2D eigenvalue weighted by Crippen LogP contribution is 2.11. The van der Waals surface area contributed by atoms with Gasteiger partial charge in [0.1, 0.15) is 6.54 Å². The largest absolute Gasteiger partial charge is 0.354 e. The summed E-state index contributed by atoms with van der Waals surface area (Å²) in [6, 6.07) is 0. The summed E-state index contributed by atoms with van der Waals surface area (Å²) in [6.07, 6.45) is 1.36. The summed E-state index contributed by atoms with van der Waals surface area (Å²) < 4.78 is 1.25. The maximum Gasteiger partial charge on any atom is 0.273 e. The van der Waals surface area contributed by atoms with Crippen molar-refractivity contribution < 1.29 is 19.2 Å². The number of nitrogens with one attached hydrogen (secondary N) is 4. The molecule has 0 aromatic carbocycles. The highest BCUT2D eigenvalue weighted by molar-refractivity contribution is 5.92. The molecule has 0 spiro atoms. The Labute approximate surface area is 170 Å². The number of amides is 4. The van der Waals surface area contributed by atoms with Gasteiger partial charge in [0.25, 0.3) is 5.91 Å². The maximum absolute atomic E-state index is 12.0. The first-order valence-electron chi connectivity index (χ1n) is 9.51. The topological polar surface area (TPSA) is 147 Å². The minimum Gasteiger partial charge on any atom is -0.354 e. The zero-order chi connectivity index (χ0) is 22.0. The first-order valence-corrected chi connectivity index (χ1v) is 9.51. The van der Waals surface area contributed by atoms with Crippen LogP contribution in [0.2, 0.25) is 0 Å². The van der Waals surface area contributed by atoms with Crippen LogP contribution in [0.15, 0.2) is 6.20 Å². The Morgan fingerprint density at radius 3 is 2.17 bits per heavy atom.